The van der Waals surface area contributed by atoms with E-state index in [0.29, 0.717) is 0 Å². The predicted molar refractivity (Wildman–Crippen MR) is 97.2 cm³/mol. The number of rotatable bonds is 5. The number of hydrogen-bond donors (Lipinski definition) is 1. The van der Waals surface area contributed by atoms with Crippen LogP contribution < -0.4 is 15.5 Å². The zero-order valence-electron chi connectivity index (χ0n) is 14.4. The van der Waals surface area contributed by atoms with Crippen molar-refractivity contribution in [2.75, 3.05) is 36.0 Å². The quantitative estimate of drug-likeness (QED) is 0.911. The maximum Gasteiger partial charge on any atom is 0.227 e. The summed E-state index contributed by atoms with van der Waals surface area (Å²) >= 11 is 0. The smallest absolute Gasteiger partial charge is 0.227 e. The number of primary amides is 1. The molecule has 0 bridgehead atoms. The van der Waals surface area contributed by atoms with Crippen LogP contribution in [0.2, 0.25) is 0 Å². The van der Waals surface area contributed by atoms with Crippen LogP contribution in [0.25, 0.3) is 10.9 Å². The van der Waals surface area contributed by atoms with Gasteiger partial charge in [-0.25, -0.2) is 4.98 Å². The Morgan fingerprint density at radius 3 is 2.50 bits per heavy atom. The Morgan fingerprint density at radius 1 is 1.21 bits per heavy atom. The van der Waals surface area contributed by atoms with Gasteiger partial charge in [-0.3, -0.25) is 4.79 Å². The fourth-order valence-corrected chi connectivity index (χ4v) is 3.32. The number of para-hydroxylation sites is 1. The average molecular weight is 327 g/mol. The topological polar surface area (TPSA) is 75.3 Å². The second kappa shape index (κ2) is 7.03. The van der Waals surface area contributed by atoms with E-state index in [1.165, 1.54) is 0 Å². The van der Waals surface area contributed by atoms with Crippen molar-refractivity contribution in [3.63, 3.8) is 0 Å². The summed E-state index contributed by atoms with van der Waals surface area (Å²) in [6.45, 7) is 7.62. The van der Waals surface area contributed by atoms with Gasteiger partial charge in [-0.2, -0.15) is 4.98 Å². The number of anilines is 2. The molecule has 0 radical (unpaired) electrons. The Labute approximate surface area is 142 Å². The third-order valence-electron chi connectivity index (χ3n) is 4.81. The SMILES string of the molecule is CCN(CC)c1nc(N2CCC(C(N)=O)CC2)nc2ccccc12. The van der Waals surface area contributed by atoms with E-state index in [2.05, 4.69) is 29.7 Å². The van der Waals surface area contributed by atoms with Crippen LogP contribution >= 0.6 is 0 Å². The summed E-state index contributed by atoms with van der Waals surface area (Å²) < 4.78 is 0. The number of aromatic nitrogens is 2. The van der Waals surface area contributed by atoms with Crippen LogP contribution in [0.3, 0.4) is 0 Å². The van der Waals surface area contributed by atoms with Gasteiger partial charge in [-0.1, -0.05) is 12.1 Å². The molecule has 0 atom stereocenters. The molecule has 0 spiro atoms. The van der Waals surface area contributed by atoms with Crippen molar-refractivity contribution in [2.24, 2.45) is 11.7 Å². The van der Waals surface area contributed by atoms with Crippen LogP contribution in [0.4, 0.5) is 11.8 Å². The number of carbonyl (C=O) groups excluding carboxylic acids is 1. The van der Waals surface area contributed by atoms with Gasteiger partial charge in [0.15, 0.2) is 0 Å². The molecule has 2 aromatic rings. The summed E-state index contributed by atoms with van der Waals surface area (Å²) in [5, 5.41) is 1.08. The third-order valence-corrected chi connectivity index (χ3v) is 4.81. The molecule has 1 saturated heterocycles. The van der Waals surface area contributed by atoms with Crippen LogP contribution in [0.1, 0.15) is 26.7 Å². The average Bonchev–Trinajstić information content (AvgIpc) is 2.62. The summed E-state index contributed by atoms with van der Waals surface area (Å²) in [6.07, 6.45) is 1.54. The minimum atomic E-state index is -0.196. The number of piperidine rings is 1. The van der Waals surface area contributed by atoms with Gasteiger partial charge in [-0.05, 0) is 38.8 Å². The molecule has 3 rings (SSSR count). The number of benzene rings is 1. The molecule has 1 fully saturated rings. The van der Waals surface area contributed by atoms with E-state index in [-0.39, 0.29) is 11.8 Å². The van der Waals surface area contributed by atoms with Crippen molar-refractivity contribution in [1.29, 1.82) is 0 Å². The number of nitrogens with zero attached hydrogens (tertiary/aromatic N) is 4. The zero-order chi connectivity index (χ0) is 17.1. The van der Waals surface area contributed by atoms with Gasteiger partial charge in [0, 0.05) is 37.5 Å². The monoisotopic (exact) mass is 327 g/mol. The molecule has 2 N–H and O–H groups in total. The first kappa shape index (κ1) is 16.5. The van der Waals surface area contributed by atoms with Gasteiger partial charge in [0.05, 0.1) is 5.52 Å². The van der Waals surface area contributed by atoms with Crippen molar-refractivity contribution in [2.45, 2.75) is 26.7 Å². The molecule has 24 heavy (non-hydrogen) atoms. The minimum absolute atomic E-state index is 0.0241. The maximum absolute atomic E-state index is 11.4. The second-order valence-corrected chi connectivity index (χ2v) is 6.20. The summed E-state index contributed by atoms with van der Waals surface area (Å²) in [5.41, 5.74) is 6.39. The zero-order valence-corrected chi connectivity index (χ0v) is 14.4. The first-order valence-corrected chi connectivity index (χ1v) is 8.70. The molecule has 1 amide bonds. The predicted octanol–water partition coefficient (Wildman–Crippen LogP) is 2.18. The molecule has 1 aliphatic heterocycles. The Hall–Kier alpha value is -2.37. The van der Waals surface area contributed by atoms with Crippen LogP contribution in [-0.4, -0.2) is 42.1 Å². The highest BCUT2D eigenvalue weighted by molar-refractivity contribution is 5.90. The molecule has 0 unspecified atom stereocenters. The van der Waals surface area contributed by atoms with E-state index in [0.717, 1.165) is 61.7 Å². The molecular formula is C18H25N5O. The van der Waals surface area contributed by atoms with E-state index in [1.54, 1.807) is 0 Å². The molecule has 0 aliphatic carbocycles. The number of nitrogens with two attached hydrogens (primary N) is 1. The lowest BCUT2D eigenvalue weighted by Crippen LogP contribution is -2.39. The van der Waals surface area contributed by atoms with E-state index < -0.39 is 0 Å². The van der Waals surface area contributed by atoms with Crippen molar-refractivity contribution < 1.29 is 4.79 Å². The summed E-state index contributed by atoms with van der Waals surface area (Å²) in [5.74, 6) is 1.51. The Bertz CT molecular complexity index is 720. The Morgan fingerprint density at radius 2 is 1.88 bits per heavy atom. The molecule has 6 heteroatoms. The van der Waals surface area contributed by atoms with E-state index in [1.807, 2.05) is 18.2 Å². The lowest BCUT2D eigenvalue weighted by Gasteiger charge is -2.31. The molecule has 0 saturated carbocycles. The second-order valence-electron chi connectivity index (χ2n) is 6.20. The lowest BCUT2D eigenvalue weighted by molar-refractivity contribution is -0.122. The fourth-order valence-electron chi connectivity index (χ4n) is 3.32. The first-order valence-electron chi connectivity index (χ1n) is 8.70. The van der Waals surface area contributed by atoms with Gasteiger partial charge in [0.1, 0.15) is 5.82 Å². The van der Waals surface area contributed by atoms with Gasteiger partial charge >= 0.3 is 0 Å². The third kappa shape index (κ3) is 3.13. The highest BCUT2D eigenvalue weighted by Crippen LogP contribution is 2.28. The normalized spacial score (nSPS) is 15.7. The van der Waals surface area contributed by atoms with Gasteiger partial charge < -0.3 is 15.5 Å². The number of hydrogen-bond acceptors (Lipinski definition) is 5. The standard InChI is InChI=1S/C18H25N5O/c1-3-22(4-2)17-14-7-5-6-8-15(14)20-18(21-17)23-11-9-13(10-12-23)16(19)24/h5-8,13H,3-4,9-12H2,1-2H3,(H2,19,24). The number of carbonyl (C=O) groups is 1. The van der Waals surface area contributed by atoms with Crippen molar-refractivity contribution >= 4 is 28.6 Å². The highest BCUT2D eigenvalue weighted by atomic mass is 16.1. The fraction of sp³-hybridized carbons (Fsp3) is 0.500. The molecule has 128 valence electrons. The van der Waals surface area contributed by atoms with Crippen molar-refractivity contribution in [3.05, 3.63) is 24.3 Å². The highest BCUT2D eigenvalue weighted by Gasteiger charge is 2.25. The van der Waals surface area contributed by atoms with Crippen LogP contribution in [-0.2, 0) is 4.79 Å². The molecule has 1 aromatic carbocycles. The van der Waals surface area contributed by atoms with E-state index >= 15 is 0 Å². The lowest BCUT2D eigenvalue weighted by atomic mass is 9.96. The maximum atomic E-state index is 11.4. The van der Waals surface area contributed by atoms with Gasteiger partial charge in [0.25, 0.3) is 0 Å². The summed E-state index contributed by atoms with van der Waals surface area (Å²) in [6, 6.07) is 8.14. The van der Waals surface area contributed by atoms with E-state index in [4.69, 9.17) is 15.7 Å². The Kier molecular flexibility index (Phi) is 4.83. The minimum Gasteiger partial charge on any atom is -0.369 e. The number of fused-ring (bicyclic) bond motifs is 1. The van der Waals surface area contributed by atoms with Crippen LogP contribution in [0.5, 0.6) is 0 Å². The molecule has 2 heterocycles. The van der Waals surface area contributed by atoms with Crippen molar-refractivity contribution in [3.8, 4) is 0 Å². The van der Waals surface area contributed by atoms with Crippen molar-refractivity contribution in [1.82, 2.24) is 9.97 Å². The Balaban J connectivity index is 1.96. The molecular weight excluding hydrogens is 302 g/mol. The van der Waals surface area contributed by atoms with Crippen LogP contribution in [0.15, 0.2) is 24.3 Å². The summed E-state index contributed by atoms with van der Waals surface area (Å²) in [7, 11) is 0. The van der Waals surface area contributed by atoms with Gasteiger partial charge in [0.2, 0.25) is 11.9 Å². The van der Waals surface area contributed by atoms with Gasteiger partial charge in [-0.15, -0.1) is 0 Å². The molecule has 1 aliphatic rings. The summed E-state index contributed by atoms with van der Waals surface area (Å²) in [4.78, 5) is 25.4. The largest absolute Gasteiger partial charge is 0.369 e. The van der Waals surface area contributed by atoms with Crippen LogP contribution in [0, 0.1) is 5.92 Å². The van der Waals surface area contributed by atoms with E-state index in [9.17, 15) is 4.79 Å². The molecule has 1 aromatic heterocycles. The molecule has 6 nitrogen and oxygen atoms in total. The first-order chi connectivity index (χ1) is 11.6. The number of amides is 1.